The number of benzene rings is 2. The van der Waals surface area contributed by atoms with Gasteiger partial charge >= 0.3 is 5.97 Å². The van der Waals surface area contributed by atoms with Crippen LogP contribution in [-0.2, 0) is 9.53 Å². The first-order valence-corrected chi connectivity index (χ1v) is 8.41. The minimum atomic E-state index is -0.714. The molecule has 134 valence electrons. The molecule has 0 fully saturated rings. The minimum absolute atomic E-state index is 0.00540. The highest BCUT2D eigenvalue weighted by Gasteiger charge is 2.37. The number of rotatable bonds is 6. The monoisotopic (exact) mass is 393 g/mol. The highest BCUT2D eigenvalue weighted by molar-refractivity contribution is 6.43. The quantitative estimate of drug-likeness (QED) is 0.428. The predicted octanol–water partition coefficient (Wildman–Crippen LogP) is 3.21. The van der Waals surface area contributed by atoms with Gasteiger partial charge in [-0.25, -0.2) is 0 Å². The van der Waals surface area contributed by atoms with E-state index in [0.717, 1.165) is 4.90 Å². The van der Waals surface area contributed by atoms with Crippen LogP contribution in [0.5, 0.6) is 5.75 Å². The van der Waals surface area contributed by atoms with E-state index in [9.17, 15) is 14.4 Å². The van der Waals surface area contributed by atoms with E-state index < -0.39 is 24.3 Å². The molecule has 2 aromatic carbocycles. The maximum absolute atomic E-state index is 12.3. The van der Waals surface area contributed by atoms with Crippen LogP contribution < -0.4 is 4.74 Å². The van der Waals surface area contributed by atoms with Crippen molar-refractivity contribution in [2.75, 3.05) is 19.8 Å². The molecule has 2 amide bonds. The molecule has 0 spiro atoms. The van der Waals surface area contributed by atoms with E-state index in [2.05, 4.69) is 0 Å². The largest absolute Gasteiger partial charge is 0.490 e. The molecule has 0 unspecified atom stereocenters. The molecule has 0 atom stereocenters. The van der Waals surface area contributed by atoms with Crippen molar-refractivity contribution in [1.82, 2.24) is 4.90 Å². The number of carbonyl (C=O) groups is 3. The Labute approximate surface area is 159 Å². The molecule has 0 radical (unpaired) electrons. The molecular formula is C18H13Cl2NO5. The Bertz CT molecular complexity index is 828. The van der Waals surface area contributed by atoms with Gasteiger partial charge in [0.2, 0.25) is 0 Å². The van der Waals surface area contributed by atoms with E-state index in [-0.39, 0.29) is 34.4 Å². The van der Waals surface area contributed by atoms with Gasteiger partial charge in [0.05, 0.1) is 21.2 Å². The summed E-state index contributed by atoms with van der Waals surface area (Å²) in [4.78, 5) is 37.3. The highest BCUT2D eigenvalue weighted by Crippen LogP contribution is 2.31. The number of hydrogen-bond acceptors (Lipinski definition) is 5. The molecule has 0 aliphatic carbocycles. The summed E-state index contributed by atoms with van der Waals surface area (Å²) in [6.07, 6.45) is 0. The Morgan fingerprint density at radius 3 is 2.08 bits per heavy atom. The first kappa shape index (κ1) is 18.2. The Kier molecular flexibility index (Phi) is 5.44. The smallest absolute Gasteiger partial charge is 0.326 e. The first-order chi connectivity index (χ1) is 12.5. The number of fused-ring (bicyclic) bond motifs is 1. The summed E-state index contributed by atoms with van der Waals surface area (Å²) in [6, 6.07) is 11.7. The Hall–Kier alpha value is -2.57. The molecule has 2 aromatic rings. The third-order valence-corrected chi connectivity index (χ3v) is 4.38. The third kappa shape index (κ3) is 3.81. The van der Waals surface area contributed by atoms with Crippen LogP contribution in [0.1, 0.15) is 20.7 Å². The number of para-hydroxylation sites is 1. The van der Waals surface area contributed by atoms with Crippen LogP contribution in [-0.4, -0.2) is 42.4 Å². The SMILES string of the molecule is O=C(CN1C(=O)c2cc(Cl)c(Cl)cc2C1=O)OCCOc1ccccc1. The van der Waals surface area contributed by atoms with Gasteiger partial charge in [-0.05, 0) is 24.3 Å². The normalized spacial score (nSPS) is 12.9. The van der Waals surface area contributed by atoms with Crippen molar-refractivity contribution in [3.8, 4) is 5.75 Å². The number of esters is 1. The summed E-state index contributed by atoms with van der Waals surface area (Å²) in [5, 5.41) is 0.322. The van der Waals surface area contributed by atoms with Gasteiger partial charge in [0, 0.05) is 0 Å². The molecule has 0 bridgehead atoms. The van der Waals surface area contributed by atoms with Crippen molar-refractivity contribution in [2.45, 2.75) is 0 Å². The molecule has 1 heterocycles. The summed E-state index contributed by atoms with van der Waals surface area (Å²) in [7, 11) is 0. The van der Waals surface area contributed by atoms with Crippen LogP contribution in [0, 0.1) is 0 Å². The van der Waals surface area contributed by atoms with Gasteiger partial charge in [0.15, 0.2) is 0 Å². The van der Waals surface area contributed by atoms with Gasteiger partial charge in [-0.3, -0.25) is 19.3 Å². The Morgan fingerprint density at radius 2 is 1.50 bits per heavy atom. The molecule has 0 aromatic heterocycles. The number of nitrogens with zero attached hydrogens (tertiary/aromatic N) is 1. The van der Waals surface area contributed by atoms with E-state index in [1.807, 2.05) is 18.2 Å². The van der Waals surface area contributed by atoms with Crippen LogP contribution in [0.15, 0.2) is 42.5 Å². The van der Waals surface area contributed by atoms with E-state index in [0.29, 0.717) is 5.75 Å². The molecule has 6 nitrogen and oxygen atoms in total. The van der Waals surface area contributed by atoms with Gasteiger partial charge in [-0.1, -0.05) is 41.4 Å². The maximum Gasteiger partial charge on any atom is 0.326 e. The average molecular weight is 394 g/mol. The second-order valence-corrected chi connectivity index (χ2v) is 6.20. The minimum Gasteiger partial charge on any atom is -0.490 e. The van der Waals surface area contributed by atoms with E-state index in [1.54, 1.807) is 12.1 Å². The van der Waals surface area contributed by atoms with Crippen molar-refractivity contribution >= 4 is 41.0 Å². The molecule has 1 aliphatic rings. The van der Waals surface area contributed by atoms with Crippen molar-refractivity contribution in [3.63, 3.8) is 0 Å². The van der Waals surface area contributed by atoms with E-state index >= 15 is 0 Å². The van der Waals surface area contributed by atoms with Gasteiger partial charge in [-0.15, -0.1) is 0 Å². The number of hydrogen-bond donors (Lipinski definition) is 0. The van der Waals surface area contributed by atoms with Gasteiger partial charge in [0.1, 0.15) is 25.5 Å². The lowest BCUT2D eigenvalue weighted by atomic mass is 10.1. The maximum atomic E-state index is 12.3. The average Bonchev–Trinajstić information content (AvgIpc) is 2.85. The summed E-state index contributed by atoms with van der Waals surface area (Å²) < 4.78 is 10.4. The molecule has 0 saturated heterocycles. The highest BCUT2D eigenvalue weighted by atomic mass is 35.5. The standard InChI is InChI=1S/C18H13Cl2NO5/c19-14-8-12-13(9-15(14)20)18(24)21(17(12)23)10-16(22)26-7-6-25-11-4-2-1-3-5-11/h1-5,8-9H,6-7,10H2. The molecule has 1 aliphatic heterocycles. The molecule has 26 heavy (non-hydrogen) atoms. The first-order valence-electron chi connectivity index (χ1n) is 7.66. The van der Waals surface area contributed by atoms with Crippen molar-refractivity contribution < 1.29 is 23.9 Å². The van der Waals surface area contributed by atoms with Crippen LogP contribution in [0.25, 0.3) is 0 Å². The molecule has 3 rings (SSSR count). The summed E-state index contributed by atoms with van der Waals surface area (Å²) >= 11 is 11.7. The number of amides is 2. The zero-order valence-corrected chi connectivity index (χ0v) is 14.9. The summed E-state index contributed by atoms with van der Waals surface area (Å²) in [5.74, 6) is -1.28. The number of halogens is 2. The van der Waals surface area contributed by atoms with Gasteiger partial charge < -0.3 is 9.47 Å². The fourth-order valence-electron chi connectivity index (χ4n) is 2.43. The van der Waals surface area contributed by atoms with Crippen molar-refractivity contribution in [3.05, 3.63) is 63.6 Å². The second kappa shape index (κ2) is 7.76. The lowest BCUT2D eigenvalue weighted by Crippen LogP contribution is -2.36. The van der Waals surface area contributed by atoms with Crippen molar-refractivity contribution in [1.29, 1.82) is 0 Å². The number of ether oxygens (including phenoxy) is 2. The summed E-state index contributed by atoms with van der Waals surface area (Å²) in [5.41, 5.74) is 0.231. The third-order valence-electron chi connectivity index (χ3n) is 3.66. The van der Waals surface area contributed by atoms with E-state index in [4.69, 9.17) is 32.7 Å². The predicted molar refractivity (Wildman–Crippen MR) is 94.7 cm³/mol. The topological polar surface area (TPSA) is 72.9 Å². The van der Waals surface area contributed by atoms with Gasteiger partial charge in [-0.2, -0.15) is 0 Å². The lowest BCUT2D eigenvalue weighted by molar-refractivity contribution is -0.144. The lowest BCUT2D eigenvalue weighted by Gasteiger charge is -2.13. The molecule has 8 heteroatoms. The van der Waals surface area contributed by atoms with E-state index in [1.165, 1.54) is 12.1 Å². The number of imide groups is 1. The molecule has 0 saturated carbocycles. The second-order valence-electron chi connectivity index (χ2n) is 5.39. The molecule has 0 N–H and O–H groups in total. The van der Waals surface area contributed by atoms with Crippen LogP contribution in [0.2, 0.25) is 10.0 Å². The fourth-order valence-corrected chi connectivity index (χ4v) is 2.76. The van der Waals surface area contributed by atoms with Crippen LogP contribution in [0.4, 0.5) is 0 Å². The fraction of sp³-hybridized carbons (Fsp3) is 0.167. The zero-order chi connectivity index (χ0) is 18.7. The van der Waals surface area contributed by atoms with Crippen molar-refractivity contribution in [2.24, 2.45) is 0 Å². The Balaban J connectivity index is 1.53. The van der Waals surface area contributed by atoms with Crippen LogP contribution >= 0.6 is 23.2 Å². The summed E-state index contributed by atoms with van der Waals surface area (Å²) in [6.45, 7) is -0.343. The zero-order valence-electron chi connectivity index (χ0n) is 13.4. The molecular weight excluding hydrogens is 381 g/mol. The Morgan fingerprint density at radius 1 is 0.923 bits per heavy atom. The van der Waals surface area contributed by atoms with Crippen LogP contribution in [0.3, 0.4) is 0 Å². The van der Waals surface area contributed by atoms with Gasteiger partial charge in [0.25, 0.3) is 11.8 Å². The number of carbonyl (C=O) groups excluding carboxylic acids is 3.